The second kappa shape index (κ2) is 9.96. The zero-order valence-electron chi connectivity index (χ0n) is 17.1. The van der Waals surface area contributed by atoms with Crippen molar-refractivity contribution in [1.29, 1.82) is 0 Å². The summed E-state index contributed by atoms with van der Waals surface area (Å²) in [5.41, 5.74) is 4.94. The lowest BCUT2D eigenvalue weighted by Gasteiger charge is -2.06. The van der Waals surface area contributed by atoms with Crippen LogP contribution in [0.4, 0.5) is 0 Å². The summed E-state index contributed by atoms with van der Waals surface area (Å²) in [7, 11) is 1.67. The Balaban J connectivity index is 1.52. The van der Waals surface area contributed by atoms with Gasteiger partial charge in [-0.05, 0) is 35.4 Å². The summed E-state index contributed by atoms with van der Waals surface area (Å²) in [4.78, 5) is 1.70. The van der Waals surface area contributed by atoms with Crippen LogP contribution < -0.4 is 10.1 Å². The zero-order valence-corrected chi connectivity index (χ0v) is 18.6. The summed E-state index contributed by atoms with van der Waals surface area (Å²) in [6, 6.07) is 23.7. The molecule has 4 rings (SSSR count). The molecule has 0 aliphatic rings. The van der Waals surface area contributed by atoms with E-state index in [0.29, 0.717) is 23.1 Å². The maximum Gasteiger partial charge on any atom is 0.118 e. The van der Waals surface area contributed by atoms with Crippen LogP contribution in [0.15, 0.2) is 72.8 Å². The third kappa shape index (κ3) is 5.44. The van der Waals surface area contributed by atoms with Gasteiger partial charge in [-0.2, -0.15) is 15.0 Å². The normalized spacial score (nSPS) is 10.9. The molecule has 0 radical (unpaired) electrons. The monoisotopic (exact) mass is 452 g/mol. The number of ether oxygens (including phenoxy) is 1. The molecule has 0 amide bonds. The van der Waals surface area contributed by atoms with E-state index >= 15 is 0 Å². The van der Waals surface area contributed by atoms with E-state index in [4.69, 9.17) is 38.1 Å². The first-order valence-corrected chi connectivity index (χ1v) is 10.6. The van der Waals surface area contributed by atoms with Crippen LogP contribution in [0.3, 0.4) is 0 Å². The van der Waals surface area contributed by atoms with Gasteiger partial charge in [-0.3, -0.25) is 0 Å². The summed E-state index contributed by atoms with van der Waals surface area (Å²) in [5, 5.41) is 14.0. The van der Waals surface area contributed by atoms with Crippen LogP contribution in [0.2, 0.25) is 10.0 Å². The van der Waals surface area contributed by atoms with Gasteiger partial charge < -0.3 is 10.1 Å². The Hall–Kier alpha value is -2.86. The van der Waals surface area contributed by atoms with Crippen molar-refractivity contribution < 1.29 is 4.74 Å². The molecule has 0 aliphatic heterocycles. The molecule has 0 saturated carbocycles. The van der Waals surface area contributed by atoms with Gasteiger partial charge in [0.1, 0.15) is 17.1 Å². The van der Waals surface area contributed by atoms with Gasteiger partial charge in [-0.25, -0.2) is 0 Å². The zero-order chi connectivity index (χ0) is 21.6. The minimum Gasteiger partial charge on any atom is -0.497 e. The second-order valence-electron chi connectivity index (χ2n) is 7.09. The van der Waals surface area contributed by atoms with Gasteiger partial charge in [0, 0.05) is 18.7 Å². The largest absolute Gasteiger partial charge is 0.497 e. The molecular weight excluding hydrogens is 431 g/mol. The topological polar surface area (TPSA) is 52.0 Å². The highest BCUT2D eigenvalue weighted by Crippen LogP contribution is 2.24. The molecule has 0 saturated heterocycles. The van der Waals surface area contributed by atoms with Crippen LogP contribution in [0.25, 0.3) is 11.3 Å². The Bertz CT molecular complexity index is 1140. The van der Waals surface area contributed by atoms with Crippen LogP contribution in [0, 0.1) is 0 Å². The van der Waals surface area contributed by atoms with Crippen molar-refractivity contribution in [2.24, 2.45) is 0 Å². The average molecular weight is 453 g/mol. The minimum absolute atomic E-state index is 0.509. The lowest BCUT2D eigenvalue weighted by atomic mass is 10.1. The lowest BCUT2D eigenvalue weighted by molar-refractivity contribution is 0.414. The fourth-order valence-electron chi connectivity index (χ4n) is 3.26. The first-order chi connectivity index (χ1) is 15.1. The van der Waals surface area contributed by atoms with Crippen LogP contribution in [-0.4, -0.2) is 22.1 Å². The smallest absolute Gasteiger partial charge is 0.118 e. The second-order valence-corrected chi connectivity index (χ2v) is 7.91. The van der Waals surface area contributed by atoms with Crippen molar-refractivity contribution in [2.75, 3.05) is 7.11 Å². The molecule has 0 aliphatic carbocycles. The molecule has 1 N–H and O–H groups in total. The van der Waals surface area contributed by atoms with E-state index in [2.05, 4.69) is 5.32 Å². The van der Waals surface area contributed by atoms with Crippen molar-refractivity contribution in [2.45, 2.75) is 19.6 Å². The molecule has 1 aromatic heterocycles. The molecule has 0 bridgehead atoms. The molecule has 158 valence electrons. The highest BCUT2D eigenvalue weighted by molar-refractivity contribution is 6.42. The van der Waals surface area contributed by atoms with Gasteiger partial charge >= 0.3 is 0 Å². The third-order valence-corrected chi connectivity index (χ3v) is 5.60. The fourth-order valence-corrected chi connectivity index (χ4v) is 3.58. The highest BCUT2D eigenvalue weighted by Gasteiger charge is 2.13. The molecule has 31 heavy (non-hydrogen) atoms. The SMILES string of the molecule is COc1ccc(CNCc2nn(Cc3ccc(Cl)c(Cl)c3)nc2-c2ccccc2)cc1. The molecule has 7 heteroatoms. The lowest BCUT2D eigenvalue weighted by Crippen LogP contribution is -2.14. The van der Waals surface area contributed by atoms with Crippen molar-refractivity contribution >= 4 is 23.2 Å². The summed E-state index contributed by atoms with van der Waals surface area (Å²) in [6.07, 6.45) is 0. The molecule has 3 aromatic carbocycles. The van der Waals surface area contributed by atoms with Gasteiger partial charge in [-0.15, -0.1) is 0 Å². The van der Waals surface area contributed by atoms with E-state index in [1.54, 1.807) is 18.0 Å². The van der Waals surface area contributed by atoms with Crippen LogP contribution >= 0.6 is 23.2 Å². The Kier molecular flexibility index (Phi) is 6.87. The molecule has 0 atom stereocenters. The third-order valence-electron chi connectivity index (χ3n) is 4.86. The standard InChI is InChI=1S/C24H22Cl2N4O/c1-31-20-10-7-17(8-11-20)14-27-15-23-24(19-5-3-2-4-6-19)29-30(28-23)16-18-9-12-21(25)22(26)13-18/h2-13,27H,14-16H2,1H3. The molecule has 0 unspecified atom stereocenters. The molecule has 5 nitrogen and oxygen atoms in total. The summed E-state index contributed by atoms with van der Waals surface area (Å²) < 4.78 is 5.22. The molecule has 0 fully saturated rings. The quantitative estimate of drug-likeness (QED) is 0.378. The van der Waals surface area contributed by atoms with E-state index in [9.17, 15) is 0 Å². The van der Waals surface area contributed by atoms with Crippen molar-refractivity contribution in [1.82, 2.24) is 20.3 Å². The highest BCUT2D eigenvalue weighted by atomic mass is 35.5. The van der Waals surface area contributed by atoms with Gasteiger partial charge in [0.2, 0.25) is 0 Å². The Morgan fingerprint density at radius 2 is 1.58 bits per heavy atom. The van der Waals surface area contributed by atoms with Crippen molar-refractivity contribution in [3.63, 3.8) is 0 Å². The number of halogens is 2. The Morgan fingerprint density at radius 1 is 0.839 bits per heavy atom. The summed E-state index contributed by atoms with van der Waals surface area (Å²) >= 11 is 12.2. The predicted octanol–water partition coefficient (Wildman–Crippen LogP) is 5.60. The predicted molar refractivity (Wildman–Crippen MR) is 125 cm³/mol. The maximum absolute atomic E-state index is 6.16. The number of benzene rings is 3. The molecule has 0 spiro atoms. The molecule has 1 heterocycles. The average Bonchev–Trinajstić information content (AvgIpc) is 3.20. The molecular formula is C24H22Cl2N4O. The number of hydrogen-bond donors (Lipinski definition) is 1. The van der Waals surface area contributed by atoms with Gasteiger partial charge in [0.25, 0.3) is 0 Å². The number of nitrogens with one attached hydrogen (secondary N) is 1. The number of methoxy groups -OCH3 is 1. The van der Waals surface area contributed by atoms with Crippen LogP contribution in [-0.2, 0) is 19.6 Å². The Morgan fingerprint density at radius 3 is 2.29 bits per heavy atom. The van der Waals surface area contributed by atoms with E-state index in [1.807, 2.05) is 66.7 Å². The summed E-state index contributed by atoms with van der Waals surface area (Å²) in [5.74, 6) is 0.848. The number of aromatic nitrogens is 3. The first-order valence-electron chi connectivity index (χ1n) is 9.89. The maximum atomic E-state index is 6.16. The van der Waals surface area contributed by atoms with Gasteiger partial charge in [-0.1, -0.05) is 71.7 Å². The van der Waals surface area contributed by atoms with Gasteiger partial charge in [0.05, 0.1) is 23.7 Å². The molecule has 4 aromatic rings. The van der Waals surface area contributed by atoms with Gasteiger partial charge in [0.15, 0.2) is 0 Å². The summed E-state index contributed by atoms with van der Waals surface area (Å²) in [6.45, 7) is 1.82. The van der Waals surface area contributed by atoms with Crippen LogP contribution in [0.5, 0.6) is 5.75 Å². The van der Waals surface area contributed by atoms with Crippen molar-refractivity contribution in [3.05, 3.63) is 99.7 Å². The fraction of sp³-hybridized carbons (Fsp3) is 0.167. The van der Waals surface area contributed by atoms with E-state index < -0.39 is 0 Å². The minimum atomic E-state index is 0.509. The van der Waals surface area contributed by atoms with Crippen molar-refractivity contribution in [3.8, 4) is 17.0 Å². The van der Waals surface area contributed by atoms with E-state index in [-0.39, 0.29) is 0 Å². The number of nitrogens with zero attached hydrogens (tertiary/aromatic N) is 3. The Labute approximate surface area is 191 Å². The number of hydrogen-bond acceptors (Lipinski definition) is 4. The first kappa shape index (κ1) is 21.4. The number of rotatable bonds is 8. The van der Waals surface area contributed by atoms with Crippen LogP contribution in [0.1, 0.15) is 16.8 Å². The van der Waals surface area contributed by atoms with E-state index in [0.717, 1.165) is 34.8 Å². The van der Waals surface area contributed by atoms with E-state index in [1.165, 1.54) is 5.56 Å².